The summed E-state index contributed by atoms with van der Waals surface area (Å²) < 4.78 is 33.3. The summed E-state index contributed by atoms with van der Waals surface area (Å²) >= 11 is 0. The molecule has 0 heterocycles. The summed E-state index contributed by atoms with van der Waals surface area (Å²) in [6.45, 7) is 5.70. The summed E-state index contributed by atoms with van der Waals surface area (Å²) in [5.74, 6) is 0.535. The number of nitrogens with one attached hydrogen (secondary N) is 2. The van der Waals surface area contributed by atoms with Gasteiger partial charge in [0, 0.05) is 5.56 Å². The number of aryl methyl sites for hydroxylation is 1. The van der Waals surface area contributed by atoms with E-state index in [4.69, 9.17) is 4.74 Å². The lowest BCUT2D eigenvalue weighted by molar-refractivity contribution is 0.0935. The maximum absolute atomic E-state index is 13.1. The maximum atomic E-state index is 13.1. The zero-order valence-corrected chi connectivity index (χ0v) is 19.5. The summed E-state index contributed by atoms with van der Waals surface area (Å²) in [4.78, 5) is 13.3. The van der Waals surface area contributed by atoms with Gasteiger partial charge in [-0.15, -0.1) is 0 Å². The maximum Gasteiger partial charge on any atom is 0.261 e. The van der Waals surface area contributed by atoms with Crippen molar-refractivity contribution < 1.29 is 17.9 Å². The Hall–Kier alpha value is -3.32. The molecule has 32 heavy (non-hydrogen) atoms. The van der Waals surface area contributed by atoms with E-state index in [-0.39, 0.29) is 16.8 Å². The Morgan fingerprint density at radius 3 is 2.34 bits per heavy atom. The van der Waals surface area contributed by atoms with Crippen molar-refractivity contribution in [2.24, 2.45) is 0 Å². The van der Waals surface area contributed by atoms with Gasteiger partial charge in [0.2, 0.25) is 0 Å². The van der Waals surface area contributed by atoms with E-state index >= 15 is 0 Å². The lowest BCUT2D eigenvalue weighted by Gasteiger charge is -2.20. The number of rotatable bonds is 8. The van der Waals surface area contributed by atoms with Gasteiger partial charge in [-0.1, -0.05) is 43.3 Å². The summed E-state index contributed by atoms with van der Waals surface area (Å²) in [6.07, 6.45) is 0.705. The Kier molecular flexibility index (Phi) is 7.20. The van der Waals surface area contributed by atoms with Crippen LogP contribution in [0.3, 0.4) is 0 Å². The molecule has 0 saturated carbocycles. The number of anilines is 1. The molecule has 6 nitrogen and oxygen atoms in total. The lowest BCUT2D eigenvalue weighted by atomic mass is 10.00. The van der Waals surface area contributed by atoms with Crippen LogP contribution in [0.5, 0.6) is 5.75 Å². The van der Waals surface area contributed by atoms with Crippen LogP contribution in [0.2, 0.25) is 0 Å². The van der Waals surface area contributed by atoms with Crippen molar-refractivity contribution in [2.75, 3.05) is 11.8 Å². The number of sulfonamides is 1. The summed E-state index contributed by atoms with van der Waals surface area (Å²) in [5.41, 5.74) is 3.32. The van der Waals surface area contributed by atoms with Crippen molar-refractivity contribution in [1.29, 1.82) is 0 Å². The van der Waals surface area contributed by atoms with Gasteiger partial charge in [0.15, 0.2) is 0 Å². The van der Waals surface area contributed by atoms with Crippen LogP contribution in [0.25, 0.3) is 0 Å². The first-order valence-corrected chi connectivity index (χ1v) is 11.9. The van der Waals surface area contributed by atoms with Gasteiger partial charge in [-0.3, -0.25) is 9.52 Å². The molecule has 2 N–H and O–H groups in total. The number of carbonyl (C=O) groups is 1. The first-order chi connectivity index (χ1) is 15.3. The summed E-state index contributed by atoms with van der Waals surface area (Å²) in [7, 11) is -2.13. The van der Waals surface area contributed by atoms with Crippen LogP contribution in [0.4, 0.5) is 5.69 Å². The Balaban J connectivity index is 1.83. The van der Waals surface area contributed by atoms with Crippen LogP contribution < -0.4 is 14.8 Å². The molecule has 3 rings (SSSR count). The predicted octanol–water partition coefficient (Wildman–Crippen LogP) is 4.99. The van der Waals surface area contributed by atoms with Crippen LogP contribution >= 0.6 is 0 Å². The normalized spacial score (nSPS) is 12.1. The monoisotopic (exact) mass is 452 g/mol. The molecule has 1 atom stereocenters. The van der Waals surface area contributed by atoms with Crippen molar-refractivity contribution in [2.45, 2.75) is 38.1 Å². The van der Waals surface area contributed by atoms with Gasteiger partial charge < -0.3 is 10.1 Å². The third kappa shape index (κ3) is 5.11. The fourth-order valence-electron chi connectivity index (χ4n) is 3.57. The van der Waals surface area contributed by atoms with E-state index in [0.29, 0.717) is 23.2 Å². The fourth-order valence-corrected chi connectivity index (χ4v) is 4.71. The summed E-state index contributed by atoms with van der Waals surface area (Å²) in [5, 5.41) is 3.07. The Morgan fingerprint density at radius 2 is 1.72 bits per heavy atom. The molecule has 3 aromatic rings. The van der Waals surface area contributed by atoms with E-state index in [9.17, 15) is 13.2 Å². The van der Waals surface area contributed by atoms with E-state index in [1.807, 2.05) is 32.0 Å². The first kappa shape index (κ1) is 23.3. The number of carbonyl (C=O) groups excluding carboxylic acids is 1. The Bertz CT molecular complexity index is 1210. The second kappa shape index (κ2) is 9.87. The highest BCUT2D eigenvalue weighted by Crippen LogP contribution is 2.26. The molecule has 0 aliphatic rings. The van der Waals surface area contributed by atoms with E-state index < -0.39 is 10.0 Å². The number of ether oxygens (including phenoxy) is 1. The Morgan fingerprint density at radius 1 is 1.00 bits per heavy atom. The van der Waals surface area contributed by atoms with Gasteiger partial charge in [-0.25, -0.2) is 8.42 Å². The molecule has 0 fully saturated rings. The second-order valence-corrected chi connectivity index (χ2v) is 9.24. The Labute approximate surface area is 189 Å². The highest BCUT2D eigenvalue weighted by atomic mass is 32.2. The molecule has 1 amide bonds. The van der Waals surface area contributed by atoms with Gasteiger partial charge in [0.05, 0.1) is 23.7 Å². The van der Waals surface area contributed by atoms with Crippen LogP contribution in [-0.4, -0.2) is 21.4 Å². The van der Waals surface area contributed by atoms with Crippen molar-refractivity contribution in [1.82, 2.24) is 5.32 Å². The number of methoxy groups -OCH3 is 1. The zero-order chi connectivity index (χ0) is 23.3. The molecule has 0 unspecified atom stereocenters. The van der Waals surface area contributed by atoms with Crippen LogP contribution in [0.15, 0.2) is 71.6 Å². The van der Waals surface area contributed by atoms with Gasteiger partial charge in [0.1, 0.15) is 5.75 Å². The molecule has 0 aliphatic heterocycles. The fraction of sp³-hybridized carbons (Fsp3) is 0.240. The molecular formula is C25H28N2O4S. The van der Waals surface area contributed by atoms with E-state index in [1.54, 1.807) is 50.4 Å². The van der Waals surface area contributed by atoms with E-state index in [1.165, 1.54) is 12.1 Å². The standard InChI is InChI=1S/C25H28N2O4S/c1-5-22(19-14-15-24(31-4)17(2)16-19)26-25(28)21-12-9-13-23(18(21)3)27-32(29,30)20-10-7-6-8-11-20/h6-16,22,27H,5H2,1-4H3,(H,26,28)/t22-/m0/s1. The van der Waals surface area contributed by atoms with E-state index in [2.05, 4.69) is 10.0 Å². The minimum Gasteiger partial charge on any atom is -0.496 e. The molecular weight excluding hydrogens is 424 g/mol. The van der Waals surface area contributed by atoms with Gasteiger partial charge in [-0.05, 0) is 67.3 Å². The highest BCUT2D eigenvalue weighted by molar-refractivity contribution is 7.92. The first-order valence-electron chi connectivity index (χ1n) is 10.4. The molecule has 3 aromatic carbocycles. The molecule has 0 radical (unpaired) electrons. The number of hydrogen-bond donors (Lipinski definition) is 2. The number of benzene rings is 3. The quantitative estimate of drug-likeness (QED) is 0.504. The third-order valence-electron chi connectivity index (χ3n) is 5.41. The van der Waals surface area contributed by atoms with Crippen molar-refractivity contribution in [3.8, 4) is 5.75 Å². The van der Waals surface area contributed by atoms with Gasteiger partial charge in [0.25, 0.3) is 15.9 Å². The van der Waals surface area contributed by atoms with Crippen LogP contribution in [0, 0.1) is 13.8 Å². The van der Waals surface area contributed by atoms with Crippen LogP contribution in [0.1, 0.15) is 46.4 Å². The van der Waals surface area contributed by atoms with Crippen molar-refractivity contribution in [3.05, 3.63) is 89.0 Å². The molecule has 0 saturated heterocycles. The molecule has 0 aliphatic carbocycles. The average molecular weight is 453 g/mol. The lowest BCUT2D eigenvalue weighted by Crippen LogP contribution is -2.29. The second-order valence-electron chi connectivity index (χ2n) is 7.56. The number of hydrogen-bond acceptors (Lipinski definition) is 4. The molecule has 168 valence electrons. The van der Waals surface area contributed by atoms with E-state index in [0.717, 1.165) is 16.9 Å². The SMILES string of the molecule is CC[C@H](NC(=O)c1cccc(NS(=O)(=O)c2ccccc2)c1C)c1ccc(OC)c(C)c1. The molecule has 7 heteroatoms. The zero-order valence-electron chi connectivity index (χ0n) is 18.7. The smallest absolute Gasteiger partial charge is 0.261 e. The van der Waals surface area contributed by atoms with Crippen molar-refractivity contribution in [3.63, 3.8) is 0 Å². The highest BCUT2D eigenvalue weighted by Gasteiger charge is 2.20. The molecule has 0 spiro atoms. The molecule has 0 bridgehead atoms. The minimum atomic E-state index is -3.75. The summed E-state index contributed by atoms with van der Waals surface area (Å²) in [6, 6.07) is 18.8. The molecule has 0 aromatic heterocycles. The largest absolute Gasteiger partial charge is 0.496 e. The number of amides is 1. The van der Waals surface area contributed by atoms with Gasteiger partial charge in [-0.2, -0.15) is 0 Å². The minimum absolute atomic E-state index is 0.162. The average Bonchev–Trinajstić information content (AvgIpc) is 2.79. The predicted molar refractivity (Wildman–Crippen MR) is 127 cm³/mol. The van der Waals surface area contributed by atoms with Gasteiger partial charge >= 0.3 is 0 Å². The van der Waals surface area contributed by atoms with Crippen LogP contribution in [-0.2, 0) is 10.0 Å². The van der Waals surface area contributed by atoms with Crippen molar-refractivity contribution >= 4 is 21.6 Å². The topological polar surface area (TPSA) is 84.5 Å². The third-order valence-corrected chi connectivity index (χ3v) is 6.79.